The maximum Gasteiger partial charge on any atom is 0.416 e. The van der Waals surface area contributed by atoms with Crippen molar-refractivity contribution in [1.29, 1.82) is 0 Å². The highest BCUT2D eigenvalue weighted by Crippen LogP contribution is 2.31. The number of carbonyl (C=O) groups excluding carboxylic acids is 2. The van der Waals surface area contributed by atoms with Crippen LogP contribution < -0.4 is 15.3 Å². The van der Waals surface area contributed by atoms with Crippen LogP contribution in [0.3, 0.4) is 0 Å². The summed E-state index contributed by atoms with van der Waals surface area (Å²) in [6, 6.07) is 12.2. The van der Waals surface area contributed by atoms with E-state index in [0.29, 0.717) is 18.8 Å². The van der Waals surface area contributed by atoms with Crippen LogP contribution in [0.15, 0.2) is 54.6 Å². The number of nitrogens with one attached hydrogen (secondary N) is 1. The van der Waals surface area contributed by atoms with Gasteiger partial charge < -0.3 is 25.0 Å². The minimum Gasteiger partial charge on any atom is -0.548 e. The van der Waals surface area contributed by atoms with Crippen LogP contribution in [0.4, 0.5) is 23.7 Å². The average Bonchev–Trinajstić information content (AvgIpc) is 2.73. The Labute approximate surface area is 171 Å². The van der Waals surface area contributed by atoms with E-state index in [2.05, 4.69) is 5.32 Å². The highest BCUT2D eigenvalue weighted by molar-refractivity contribution is 5.82. The summed E-state index contributed by atoms with van der Waals surface area (Å²) in [5.74, 6) is -1.38. The topological polar surface area (TPSA) is 75.7 Å². The molecule has 0 aliphatic carbocycles. The predicted molar refractivity (Wildman–Crippen MR) is 103 cm³/mol. The molecule has 0 spiro atoms. The van der Waals surface area contributed by atoms with Crippen LogP contribution in [0, 0.1) is 0 Å². The van der Waals surface area contributed by atoms with Crippen LogP contribution in [0.5, 0.6) is 0 Å². The first-order valence-electron chi connectivity index (χ1n) is 9.46. The van der Waals surface area contributed by atoms with Crippen molar-refractivity contribution in [2.45, 2.75) is 18.6 Å². The van der Waals surface area contributed by atoms with E-state index >= 15 is 0 Å². The largest absolute Gasteiger partial charge is 0.548 e. The number of alkyl halides is 3. The van der Waals surface area contributed by atoms with Crippen LogP contribution in [-0.2, 0) is 17.4 Å². The molecule has 0 unspecified atom stereocenters. The van der Waals surface area contributed by atoms with E-state index in [-0.39, 0.29) is 19.5 Å². The monoisotopic (exact) mass is 420 g/mol. The van der Waals surface area contributed by atoms with Gasteiger partial charge in [-0.1, -0.05) is 36.4 Å². The number of aliphatic carboxylic acids is 1. The molecule has 0 saturated carbocycles. The summed E-state index contributed by atoms with van der Waals surface area (Å²) < 4.78 is 38.7. The second-order valence-electron chi connectivity index (χ2n) is 7.03. The number of carboxylic acid groups (broad SMARTS) is 1. The van der Waals surface area contributed by atoms with Crippen molar-refractivity contribution in [3.63, 3.8) is 0 Å². The number of benzene rings is 2. The van der Waals surface area contributed by atoms with Crippen molar-refractivity contribution in [2.75, 3.05) is 31.1 Å². The van der Waals surface area contributed by atoms with Gasteiger partial charge in [0.05, 0.1) is 17.6 Å². The molecule has 0 aromatic heterocycles. The number of carboxylic acids is 1. The fraction of sp³-hybridized carbons (Fsp3) is 0.333. The number of carbonyl (C=O) groups is 2. The number of urea groups is 1. The van der Waals surface area contributed by atoms with Crippen LogP contribution in [0.1, 0.15) is 11.1 Å². The molecule has 1 fully saturated rings. The van der Waals surface area contributed by atoms with Gasteiger partial charge in [0.2, 0.25) is 0 Å². The minimum atomic E-state index is -4.42. The lowest BCUT2D eigenvalue weighted by Crippen LogP contribution is -2.57. The standard InChI is InChI=1S/C21H22F3N3O3/c22-21(23,24)16-7-4-8-17(14-16)26-9-11-27(12-10-26)20(30)25-18(19(28)29)13-15-5-2-1-3-6-15/h1-8,14,18H,9-13H2,(H,25,30)(H,28,29)/p-1/t18-/m0/s1. The molecule has 0 radical (unpaired) electrons. The first-order chi connectivity index (χ1) is 14.2. The molecule has 3 rings (SSSR count). The van der Waals surface area contributed by atoms with Gasteiger partial charge in [-0.3, -0.25) is 0 Å². The van der Waals surface area contributed by atoms with Gasteiger partial charge in [0.15, 0.2) is 0 Å². The van der Waals surface area contributed by atoms with E-state index in [1.54, 1.807) is 41.3 Å². The molecule has 2 aromatic rings. The van der Waals surface area contributed by atoms with Crippen molar-refractivity contribution in [3.05, 3.63) is 65.7 Å². The first-order valence-corrected chi connectivity index (χ1v) is 9.46. The highest BCUT2D eigenvalue weighted by Gasteiger charge is 2.31. The van der Waals surface area contributed by atoms with E-state index in [4.69, 9.17) is 0 Å². The number of piperazine rings is 1. The normalized spacial score (nSPS) is 15.6. The third kappa shape index (κ3) is 5.43. The van der Waals surface area contributed by atoms with Gasteiger partial charge in [-0.05, 0) is 30.2 Å². The molecule has 160 valence electrons. The Bertz CT molecular complexity index is 882. The molecule has 2 aromatic carbocycles. The lowest BCUT2D eigenvalue weighted by Gasteiger charge is -2.37. The van der Waals surface area contributed by atoms with Crippen LogP contribution in [0.25, 0.3) is 0 Å². The third-order valence-electron chi connectivity index (χ3n) is 4.97. The second kappa shape index (κ2) is 9.06. The van der Waals surface area contributed by atoms with Gasteiger partial charge in [-0.25, -0.2) is 4.79 Å². The molecule has 30 heavy (non-hydrogen) atoms. The van der Waals surface area contributed by atoms with E-state index in [1.807, 2.05) is 0 Å². The quantitative estimate of drug-likeness (QED) is 0.802. The maximum absolute atomic E-state index is 12.9. The van der Waals surface area contributed by atoms with Gasteiger partial charge in [-0.2, -0.15) is 13.2 Å². The first kappa shape index (κ1) is 21.5. The Kier molecular flexibility index (Phi) is 6.49. The van der Waals surface area contributed by atoms with Gasteiger partial charge in [0, 0.05) is 31.9 Å². The van der Waals surface area contributed by atoms with Gasteiger partial charge in [0.1, 0.15) is 0 Å². The molecule has 6 nitrogen and oxygen atoms in total. The van der Waals surface area contributed by atoms with Gasteiger partial charge in [0.25, 0.3) is 0 Å². The Morgan fingerprint density at radius 1 is 1.00 bits per heavy atom. The lowest BCUT2D eigenvalue weighted by molar-refractivity contribution is -0.308. The molecule has 1 heterocycles. The molecule has 1 aliphatic heterocycles. The predicted octanol–water partition coefficient (Wildman–Crippen LogP) is 1.90. The highest BCUT2D eigenvalue weighted by atomic mass is 19.4. The Morgan fingerprint density at radius 3 is 2.27 bits per heavy atom. The van der Waals surface area contributed by atoms with E-state index in [1.165, 1.54) is 11.0 Å². The number of halogens is 3. The van der Waals surface area contributed by atoms with Crippen LogP contribution in [-0.4, -0.2) is 49.1 Å². The van der Waals surface area contributed by atoms with Crippen LogP contribution in [0.2, 0.25) is 0 Å². The van der Waals surface area contributed by atoms with E-state index < -0.39 is 29.8 Å². The van der Waals surface area contributed by atoms with Crippen molar-refractivity contribution in [2.24, 2.45) is 0 Å². The summed E-state index contributed by atoms with van der Waals surface area (Å²) >= 11 is 0. The van der Waals surface area contributed by atoms with Crippen LogP contribution >= 0.6 is 0 Å². The van der Waals surface area contributed by atoms with Crippen molar-refractivity contribution >= 4 is 17.7 Å². The van der Waals surface area contributed by atoms with Crippen molar-refractivity contribution in [1.82, 2.24) is 10.2 Å². The number of rotatable bonds is 5. The summed E-state index contributed by atoms with van der Waals surface area (Å²) in [5, 5.41) is 13.9. The molecular formula is C21H21F3N3O3-. The van der Waals surface area contributed by atoms with Crippen molar-refractivity contribution in [3.8, 4) is 0 Å². The smallest absolute Gasteiger partial charge is 0.416 e. The van der Waals surface area contributed by atoms with E-state index in [0.717, 1.165) is 17.7 Å². The summed E-state index contributed by atoms with van der Waals surface area (Å²) in [7, 11) is 0. The van der Waals surface area contributed by atoms with Gasteiger partial charge >= 0.3 is 12.2 Å². The molecule has 1 aliphatic rings. The molecule has 1 saturated heterocycles. The minimum absolute atomic E-state index is 0.0963. The van der Waals surface area contributed by atoms with Crippen molar-refractivity contribution < 1.29 is 27.9 Å². The summed E-state index contributed by atoms with van der Waals surface area (Å²) in [5.41, 5.74) is 0.459. The number of hydrogen-bond acceptors (Lipinski definition) is 4. The molecule has 0 bridgehead atoms. The lowest BCUT2D eigenvalue weighted by atomic mass is 10.1. The zero-order chi connectivity index (χ0) is 21.7. The summed E-state index contributed by atoms with van der Waals surface area (Å²) in [4.78, 5) is 27.1. The second-order valence-corrected chi connectivity index (χ2v) is 7.03. The molecule has 2 amide bonds. The molecular weight excluding hydrogens is 399 g/mol. The summed E-state index contributed by atoms with van der Waals surface area (Å²) in [6.45, 7) is 1.19. The zero-order valence-corrected chi connectivity index (χ0v) is 16.1. The fourth-order valence-corrected chi connectivity index (χ4v) is 3.33. The van der Waals surface area contributed by atoms with Gasteiger partial charge in [-0.15, -0.1) is 0 Å². The number of anilines is 1. The maximum atomic E-state index is 12.9. The third-order valence-corrected chi connectivity index (χ3v) is 4.97. The average molecular weight is 420 g/mol. The molecule has 1 atom stereocenters. The molecule has 9 heteroatoms. The Hall–Kier alpha value is -3.23. The SMILES string of the molecule is O=C([O-])[C@H](Cc1ccccc1)NC(=O)N1CCN(c2cccc(C(F)(F)F)c2)CC1. The number of hydrogen-bond donors (Lipinski definition) is 1. The number of nitrogens with zero attached hydrogens (tertiary/aromatic N) is 2. The zero-order valence-electron chi connectivity index (χ0n) is 16.1. The Balaban J connectivity index is 1.57. The Morgan fingerprint density at radius 2 is 1.67 bits per heavy atom. The number of amides is 2. The summed E-state index contributed by atoms with van der Waals surface area (Å²) in [6.07, 6.45) is -4.32. The van der Waals surface area contributed by atoms with E-state index in [9.17, 15) is 27.9 Å². The fourth-order valence-electron chi connectivity index (χ4n) is 3.33. The molecule has 1 N–H and O–H groups in total.